The lowest BCUT2D eigenvalue weighted by atomic mass is 10.4. The maximum absolute atomic E-state index is 10.4. The fourth-order valence-electron chi connectivity index (χ4n) is 0.574. The van der Waals surface area contributed by atoms with Gasteiger partial charge in [0.15, 0.2) is 11.9 Å². The second-order valence-corrected chi connectivity index (χ2v) is 2.10. The molecule has 1 atom stereocenters. The Kier molecular flexibility index (Phi) is 1.75. The average molecular weight is 156 g/mol. The van der Waals surface area contributed by atoms with Crippen LogP contribution in [0.2, 0.25) is 0 Å². The van der Waals surface area contributed by atoms with Crippen LogP contribution in [0.1, 0.15) is 13.0 Å². The monoisotopic (exact) mass is 156 g/mol. The molecule has 0 bridgehead atoms. The molecule has 0 aliphatic heterocycles. The molecule has 0 fully saturated rings. The van der Waals surface area contributed by atoms with Crippen molar-refractivity contribution in [2.75, 3.05) is 5.73 Å². The van der Waals surface area contributed by atoms with Gasteiger partial charge in [-0.05, 0) is 6.92 Å². The van der Waals surface area contributed by atoms with Crippen LogP contribution in [0.15, 0.2) is 6.20 Å². The van der Waals surface area contributed by atoms with E-state index in [1.165, 1.54) is 13.1 Å². The number of hydrogen-bond donors (Lipinski definition) is 2. The fraction of sp³-hybridized carbons (Fsp3) is 0.400. The van der Waals surface area contributed by atoms with Gasteiger partial charge in [0, 0.05) is 0 Å². The third kappa shape index (κ3) is 1.46. The number of nitrogens with zero attached hydrogens (tertiary/aromatic N) is 3. The van der Waals surface area contributed by atoms with Crippen molar-refractivity contribution in [3.05, 3.63) is 6.20 Å². The largest absolute Gasteiger partial charge is 0.480 e. The Balaban J connectivity index is 2.84. The summed E-state index contributed by atoms with van der Waals surface area (Å²) < 4.78 is 0. The summed E-state index contributed by atoms with van der Waals surface area (Å²) in [6.07, 6.45) is 1.30. The first-order valence-electron chi connectivity index (χ1n) is 3.01. The predicted octanol–water partition coefficient (Wildman–Crippen LogP) is -0.494. The van der Waals surface area contributed by atoms with Crippen LogP contribution in [0.3, 0.4) is 0 Å². The van der Waals surface area contributed by atoms with Gasteiger partial charge in [-0.15, -0.1) is 5.10 Å². The summed E-state index contributed by atoms with van der Waals surface area (Å²) in [6, 6.07) is -0.771. The van der Waals surface area contributed by atoms with E-state index >= 15 is 0 Å². The minimum Gasteiger partial charge on any atom is -0.480 e. The van der Waals surface area contributed by atoms with Crippen LogP contribution in [0.5, 0.6) is 0 Å². The van der Waals surface area contributed by atoms with Gasteiger partial charge in [-0.3, -0.25) is 0 Å². The van der Waals surface area contributed by atoms with Gasteiger partial charge >= 0.3 is 5.97 Å². The third-order valence-corrected chi connectivity index (χ3v) is 1.23. The number of carbonyl (C=O) groups is 1. The van der Waals surface area contributed by atoms with E-state index in [0.29, 0.717) is 0 Å². The molecule has 0 saturated heterocycles. The van der Waals surface area contributed by atoms with Gasteiger partial charge in [-0.25, -0.2) is 4.79 Å². The van der Waals surface area contributed by atoms with Crippen LogP contribution < -0.4 is 5.73 Å². The Morgan fingerprint density at radius 3 is 2.91 bits per heavy atom. The highest BCUT2D eigenvalue weighted by atomic mass is 16.4. The molecule has 60 valence electrons. The van der Waals surface area contributed by atoms with Gasteiger partial charge in [0.05, 0.1) is 6.20 Å². The second kappa shape index (κ2) is 2.57. The minimum atomic E-state index is -0.986. The molecular formula is C5H8N4O2. The molecule has 0 aromatic carbocycles. The first-order chi connectivity index (χ1) is 5.11. The summed E-state index contributed by atoms with van der Waals surface area (Å²) in [4.78, 5) is 11.4. The number of aromatic nitrogens is 3. The number of nitrogens with two attached hydrogens (primary N) is 1. The number of rotatable bonds is 2. The zero-order valence-electron chi connectivity index (χ0n) is 5.93. The highest BCUT2D eigenvalue weighted by Gasteiger charge is 2.14. The van der Waals surface area contributed by atoms with Gasteiger partial charge in [0.1, 0.15) is 0 Å². The van der Waals surface area contributed by atoms with E-state index in [9.17, 15) is 4.79 Å². The number of hydrogen-bond acceptors (Lipinski definition) is 4. The summed E-state index contributed by atoms with van der Waals surface area (Å²) in [5.41, 5.74) is 5.23. The molecule has 1 unspecified atom stereocenters. The van der Waals surface area contributed by atoms with Crippen LogP contribution in [0, 0.1) is 0 Å². The molecular weight excluding hydrogens is 148 g/mol. The fourth-order valence-corrected chi connectivity index (χ4v) is 0.574. The number of aliphatic carboxylic acids is 1. The van der Waals surface area contributed by atoms with Crippen molar-refractivity contribution in [2.45, 2.75) is 13.0 Å². The van der Waals surface area contributed by atoms with Gasteiger partial charge in [-0.2, -0.15) is 9.90 Å². The molecule has 0 amide bonds. The van der Waals surface area contributed by atoms with Crippen LogP contribution in [0.25, 0.3) is 0 Å². The molecule has 11 heavy (non-hydrogen) atoms. The quantitative estimate of drug-likeness (QED) is 0.602. The van der Waals surface area contributed by atoms with E-state index in [1.54, 1.807) is 0 Å². The van der Waals surface area contributed by atoms with Crippen molar-refractivity contribution < 1.29 is 9.90 Å². The summed E-state index contributed by atoms with van der Waals surface area (Å²) >= 11 is 0. The molecule has 1 heterocycles. The Labute approximate surface area is 62.6 Å². The predicted molar refractivity (Wildman–Crippen MR) is 36.8 cm³/mol. The molecule has 6 nitrogen and oxygen atoms in total. The van der Waals surface area contributed by atoms with Gasteiger partial charge in [-0.1, -0.05) is 0 Å². The molecule has 1 rings (SSSR count). The molecule has 6 heteroatoms. The van der Waals surface area contributed by atoms with E-state index < -0.39 is 12.0 Å². The second-order valence-electron chi connectivity index (χ2n) is 2.10. The molecule has 3 N–H and O–H groups in total. The van der Waals surface area contributed by atoms with Crippen molar-refractivity contribution in [1.29, 1.82) is 0 Å². The molecule has 0 radical (unpaired) electrons. The maximum Gasteiger partial charge on any atom is 0.330 e. The lowest BCUT2D eigenvalue weighted by Gasteiger charge is -2.02. The maximum atomic E-state index is 10.4. The highest BCUT2D eigenvalue weighted by Crippen LogP contribution is 2.02. The highest BCUT2D eigenvalue weighted by molar-refractivity contribution is 5.70. The Hall–Kier alpha value is -1.59. The minimum absolute atomic E-state index is 0.220. The van der Waals surface area contributed by atoms with Crippen molar-refractivity contribution in [1.82, 2.24) is 15.0 Å². The summed E-state index contributed by atoms with van der Waals surface area (Å²) in [6.45, 7) is 1.47. The summed E-state index contributed by atoms with van der Waals surface area (Å²) in [7, 11) is 0. The standard InChI is InChI=1S/C5H8N4O2/c1-3(5(10)11)9-7-2-4(6)8-9/h2-3H,1H3,(H2,6,8)(H,10,11). The number of carboxylic acid groups (broad SMARTS) is 1. The Morgan fingerprint density at radius 1 is 1.91 bits per heavy atom. The number of carboxylic acids is 1. The van der Waals surface area contributed by atoms with Crippen molar-refractivity contribution in [2.24, 2.45) is 0 Å². The topological polar surface area (TPSA) is 94.0 Å². The van der Waals surface area contributed by atoms with Crippen molar-refractivity contribution in [3.63, 3.8) is 0 Å². The smallest absolute Gasteiger partial charge is 0.330 e. The van der Waals surface area contributed by atoms with Crippen LogP contribution >= 0.6 is 0 Å². The van der Waals surface area contributed by atoms with E-state index in [1.807, 2.05) is 0 Å². The van der Waals surface area contributed by atoms with E-state index in [2.05, 4.69) is 10.2 Å². The zero-order valence-corrected chi connectivity index (χ0v) is 5.93. The lowest BCUT2D eigenvalue weighted by molar-refractivity contribution is -0.140. The average Bonchev–Trinajstić information content (AvgIpc) is 2.34. The van der Waals surface area contributed by atoms with E-state index in [-0.39, 0.29) is 5.82 Å². The van der Waals surface area contributed by atoms with Crippen LogP contribution in [-0.4, -0.2) is 26.1 Å². The third-order valence-electron chi connectivity index (χ3n) is 1.23. The summed E-state index contributed by atoms with van der Waals surface area (Å²) in [5.74, 6) is -0.765. The Bertz CT molecular complexity index is 269. The molecule has 0 aliphatic carbocycles. The molecule has 1 aromatic heterocycles. The number of nitrogen functional groups attached to an aromatic ring is 1. The van der Waals surface area contributed by atoms with E-state index in [4.69, 9.17) is 10.8 Å². The van der Waals surface area contributed by atoms with Gasteiger partial charge in [0.2, 0.25) is 0 Å². The lowest BCUT2D eigenvalue weighted by Crippen LogP contribution is -2.18. The molecule has 0 aliphatic rings. The van der Waals surface area contributed by atoms with E-state index in [0.717, 1.165) is 4.80 Å². The van der Waals surface area contributed by atoms with Crippen LogP contribution in [-0.2, 0) is 4.79 Å². The molecule has 0 saturated carbocycles. The Morgan fingerprint density at radius 2 is 2.55 bits per heavy atom. The first kappa shape index (κ1) is 7.52. The van der Waals surface area contributed by atoms with Crippen molar-refractivity contribution in [3.8, 4) is 0 Å². The van der Waals surface area contributed by atoms with Crippen LogP contribution in [0.4, 0.5) is 5.82 Å². The van der Waals surface area contributed by atoms with Gasteiger partial charge < -0.3 is 10.8 Å². The zero-order chi connectivity index (χ0) is 8.43. The molecule has 0 spiro atoms. The normalized spacial score (nSPS) is 12.8. The van der Waals surface area contributed by atoms with Gasteiger partial charge in [0.25, 0.3) is 0 Å². The molecule has 1 aromatic rings. The summed E-state index contributed by atoms with van der Waals surface area (Å²) in [5, 5.41) is 15.8. The number of anilines is 1. The SMILES string of the molecule is CC(C(=O)O)n1ncc(N)n1. The first-order valence-corrected chi connectivity index (χ1v) is 3.01. The van der Waals surface area contributed by atoms with Crippen molar-refractivity contribution >= 4 is 11.8 Å².